The Morgan fingerprint density at radius 1 is 1.43 bits per heavy atom. The molecule has 0 amide bonds. The molecule has 1 unspecified atom stereocenters. The predicted molar refractivity (Wildman–Crippen MR) is 63.1 cm³/mol. The highest BCUT2D eigenvalue weighted by Gasteiger charge is 2.18. The Kier molecular flexibility index (Phi) is 5.83. The number of alkyl halides is 1. The summed E-state index contributed by atoms with van der Waals surface area (Å²) in [4.78, 5) is 4.84. The smallest absolute Gasteiger partial charge is 0.0226 e. The standard InChI is InChI=1S/C11H23ClN2/c1-13(2)8-9-14-7-3-4-11(10-14)5-6-12/h11H,3-10H2,1-2H3. The third-order valence-corrected chi connectivity index (χ3v) is 3.20. The number of halogens is 1. The second-order valence-corrected chi connectivity index (χ2v) is 4.97. The average molecular weight is 219 g/mol. The molecule has 0 aromatic heterocycles. The lowest BCUT2D eigenvalue weighted by Crippen LogP contribution is -2.39. The van der Waals surface area contributed by atoms with Gasteiger partial charge in [-0.05, 0) is 45.8 Å². The van der Waals surface area contributed by atoms with Crippen molar-refractivity contribution < 1.29 is 0 Å². The molecule has 84 valence electrons. The molecule has 3 heteroatoms. The molecule has 1 saturated heterocycles. The minimum Gasteiger partial charge on any atom is -0.308 e. The Bertz CT molecular complexity index is 148. The van der Waals surface area contributed by atoms with Gasteiger partial charge in [-0.25, -0.2) is 0 Å². The van der Waals surface area contributed by atoms with Crippen molar-refractivity contribution in [2.75, 3.05) is 46.2 Å². The van der Waals surface area contributed by atoms with Crippen LogP contribution in [0.2, 0.25) is 0 Å². The highest BCUT2D eigenvalue weighted by molar-refractivity contribution is 6.17. The summed E-state index contributed by atoms with van der Waals surface area (Å²) in [5, 5.41) is 0. The largest absolute Gasteiger partial charge is 0.308 e. The quantitative estimate of drug-likeness (QED) is 0.651. The minimum atomic E-state index is 0.826. The molecule has 0 spiro atoms. The van der Waals surface area contributed by atoms with Crippen LogP contribution in [-0.2, 0) is 0 Å². The van der Waals surface area contributed by atoms with E-state index >= 15 is 0 Å². The van der Waals surface area contributed by atoms with E-state index in [0.717, 1.165) is 11.8 Å². The Hall–Kier alpha value is 0.210. The van der Waals surface area contributed by atoms with Crippen LogP contribution in [0.3, 0.4) is 0 Å². The molecule has 0 radical (unpaired) electrons. The summed E-state index contributed by atoms with van der Waals surface area (Å²) in [7, 11) is 4.28. The molecule has 1 rings (SSSR count). The van der Waals surface area contributed by atoms with Gasteiger partial charge in [0.05, 0.1) is 0 Å². The molecule has 1 heterocycles. The fourth-order valence-corrected chi connectivity index (χ4v) is 2.39. The molecule has 1 fully saturated rings. The maximum Gasteiger partial charge on any atom is 0.0226 e. The number of hydrogen-bond acceptors (Lipinski definition) is 2. The Balaban J connectivity index is 2.18. The van der Waals surface area contributed by atoms with Crippen LogP contribution < -0.4 is 0 Å². The molecular formula is C11H23ClN2. The van der Waals surface area contributed by atoms with Crippen molar-refractivity contribution in [1.82, 2.24) is 9.80 Å². The van der Waals surface area contributed by atoms with Crippen LogP contribution in [0.25, 0.3) is 0 Å². The maximum atomic E-state index is 5.78. The van der Waals surface area contributed by atoms with Gasteiger partial charge in [-0.2, -0.15) is 0 Å². The number of nitrogens with zero attached hydrogens (tertiary/aromatic N) is 2. The van der Waals surface area contributed by atoms with Crippen molar-refractivity contribution in [1.29, 1.82) is 0 Å². The highest BCUT2D eigenvalue weighted by Crippen LogP contribution is 2.19. The first-order chi connectivity index (χ1) is 6.72. The van der Waals surface area contributed by atoms with Crippen molar-refractivity contribution in [3.63, 3.8) is 0 Å². The van der Waals surface area contributed by atoms with Gasteiger partial charge in [0.2, 0.25) is 0 Å². The molecule has 0 N–H and O–H groups in total. The second kappa shape index (κ2) is 6.65. The second-order valence-electron chi connectivity index (χ2n) is 4.59. The van der Waals surface area contributed by atoms with Gasteiger partial charge in [0.25, 0.3) is 0 Å². The first-order valence-electron chi connectivity index (χ1n) is 5.65. The van der Waals surface area contributed by atoms with Crippen molar-refractivity contribution in [3.05, 3.63) is 0 Å². The van der Waals surface area contributed by atoms with Gasteiger partial charge < -0.3 is 9.80 Å². The van der Waals surface area contributed by atoms with Crippen LogP contribution in [0, 0.1) is 5.92 Å². The van der Waals surface area contributed by atoms with Gasteiger partial charge in [-0.1, -0.05) is 0 Å². The van der Waals surface area contributed by atoms with E-state index in [2.05, 4.69) is 23.9 Å². The summed E-state index contributed by atoms with van der Waals surface area (Å²) in [5.74, 6) is 1.68. The molecule has 1 atom stereocenters. The number of likely N-dealkylation sites (tertiary alicyclic amines) is 1. The van der Waals surface area contributed by atoms with Gasteiger partial charge >= 0.3 is 0 Å². The van der Waals surface area contributed by atoms with Gasteiger partial charge in [0, 0.05) is 25.5 Å². The Morgan fingerprint density at radius 2 is 2.21 bits per heavy atom. The zero-order valence-corrected chi connectivity index (χ0v) is 10.3. The summed E-state index contributed by atoms with van der Waals surface area (Å²) < 4.78 is 0. The zero-order valence-electron chi connectivity index (χ0n) is 9.51. The lowest BCUT2D eigenvalue weighted by Gasteiger charge is -2.33. The molecule has 1 aliphatic heterocycles. The number of hydrogen-bond donors (Lipinski definition) is 0. The van der Waals surface area contributed by atoms with E-state index in [1.165, 1.54) is 45.4 Å². The third-order valence-electron chi connectivity index (χ3n) is 2.98. The van der Waals surface area contributed by atoms with E-state index < -0.39 is 0 Å². The summed E-state index contributed by atoms with van der Waals surface area (Å²) in [6, 6.07) is 0. The van der Waals surface area contributed by atoms with Crippen LogP contribution in [0.15, 0.2) is 0 Å². The molecule has 2 nitrogen and oxygen atoms in total. The SMILES string of the molecule is CN(C)CCN1CCCC(CCCl)C1. The summed E-state index contributed by atoms with van der Waals surface area (Å²) >= 11 is 5.78. The Morgan fingerprint density at radius 3 is 2.86 bits per heavy atom. The van der Waals surface area contributed by atoms with E-state index in [-0.39, 0.29) is 0 Å². The van der Waals surface area contributed by atoms with E-state index in [1.807, 2.05) is 0 Å². The van der Waals surface area contributed by atoms with Gasteiger partial charge in [-0.3, -0.25) is 0 Å². The summed E-state index contributed by atoms with van der Waals surface area (Å²) in [6.45, 7) is 4.94. The summed E-state index contributed by atoms with van der Waals surface area (Å²) in [6.07, 6.45) is 3.93. The number of piperidine rings is 1. The fraction of sp³-hybridized carbons (Fsp3) is 1.00. The zero-order chi connectivity index (χ0) is 10.4. The van der Waals surface area contributed by atoms with E-state index in [4.69, 9.17) is 11.6 Å². The molecule has 0 aromatic carbocycles. The molecule has 1 aliphatic rings. The topological polar surface area (TPSA) is 6.48 Å². The van der Waals surface area contributed by atoms with Crippen LogP contribution >= 0.6 is 11.6 Å². The molecular weight excluding hydrogens is 196 g/mol. The predicted octanol–water partition coefficient (Wildman–Crippen LogP) is 1.89. The van der Waals surface area contributed by atoms with E-state index in [1.54, 1.807) is 0 Å². The Labute approximate surface area is 93.2 Å². The van der Waals surface area contributed by atoms with Gasteiger partial charge in [0.15, 0.2) is 0 Å². The van der Waals surface area contributed by atoms with Gasteiger partial charge in [0.1, 0.15) is 0 Å². The normalized spacial score (nSPS) is 24.4. The monoisotopic (exact) mass is 218 g/mol. The first kappa shape index (κ1) is 12.3. The fourth-order valence-electron chi connectivity index (χ4n) is 2.09. The van der Waals surface area contributed by atoms with E-state index in [0.29, 0.717) is 0 Å². The van der Waals surface area contributed by atoms with Gasteiger partial charge in [-0.15, -0.1) is 11.6 Å². The van der Waals surface area contributed by atoms with Crippen LogP contribution in [0.5, 0.6) is 0 Å². The maximum absolute atomic E-state index is 5.78. The average Bonchev–Trinajstić information content (AvgIpc) is 2.16. The van der Waals surface area contributed by atoms with Crippen molar-refractivity contribution in [2.24, 2.45) is 5.92 Å². The highest BCUT2D eigenvalue weighted by atomic mass is 35.5. The number of likely N-dealkylation sites (N-methyl/N-ethyl adjacent to an activating group) is 1. The third kappa shape index (κ3) is 4.63. The van der Waals surface area contributed by atoms with Crippen molar-refractivity contribution in [3.8, 4) is 0 Å². The van der Waals surface area contributed by atoms with Crippen molar-refractivity contribution in [2.45, 2.75) is 19.3 Å². The molecule has 0 saturated carbocycles. The first-order valence-corrected chi connectivity index (χ1v) is 6.19. The lowest BCUT2D eigenvalue weighted by molar-refractivity contribution is 0.160. The minimum absolute atomic E-state index is 0.826. The van der Waals surface area contributed by atoms with Crippen molar-refractivity contribution >= 4 is 11.6 Å². The molecule has 14 heavy (non-hydrogen) atoms. The van der Waals surface area contributed by atoms with Crippen LogP contribution in [0.4, 0.5) is 0 Å². The molecule has 0 aromatic rings. The molecule has 0 aliphatic carbocycles. The van der Waals surface area contributed by atoms with E-state index in [9.17, 15) is 0 Å². The number of rotatable bonds is 5. The lowest BCUT2D eigenvalue weighted by atomic mass is 9.96. The van der Waals surface area contributed by atoms with Crippen LogP contribution in [-0.4, -0.2) is 56.0 Å². The molecule has 0 bridgehead atoms. The van der Waals surface area contributed by atoms with Crippen LogP contribution in [0.1, 0.15) is 19.3 Å². The summed E-state index contributed by atoms with van der Waals surface area (Å²) in [5.41, 5.74) is 0.